The van der Waals surface area contributed by atoms with E-state index in [-0.39, 0.29) is 6.42 Å². The lowest BCUT2D eigenvalue weighted by atomic mass is 9.99. The SMILES string of the molecule is CCc1cc(Cl)cc(C(N)CC(=O)O)c1OC. The molecule has 4 nitrogen and oxygen atoms in total. The smallest absolute Gasteiger partial charge is 0.305 e. The zero-order valence-electron chi connectivity index (χ0n) is 9.87. The number of carbonyl (C=O) groups is 1. The van der Waals surface area contributed by atoms with Crippen LogP contribution in [0.5, 0.6) is 5.75 Å². The minimum absolute atomic E-state index is 0.153. The maximum Gasteiger partial charge on any atom is 0.305 e. The Morgan fingerprint density at radius 1 is 1.59 bits per heavy atom. The highest BCUT2D eigenvalue weighted by atomic mass is 35.5. The van der Waals surface area contributed by atoms with E-state index in [1.807, 2.05) is 6.92 Å². The number of halogens is 1. The molecule has 0 aromatic heterocycles. The van der Waals surface area contributed by atoms with Crippen LogP contribution >= 0.6 is 11.6 Å². The van der Waals surface area contributed by atoms with E-state index < -0.39 is 12.0 Å². The Labute approximate surface area is 105 Å². The van der Waals surface area contributed by atoms with E-state index in [0.29, 0.717) is 16.3 Å². The molecule has 94 valence electrons. The predicted octanol–water partition coefficient (Wildman–Crippen LogP) is 2.39. The van der Waals surface area contributed by atoms with Crippen molar-refractivity contribution in [1.29, 1.82) is 0 Å². The summed E-state index contributed by atoms with van der Waals surface area (Å²) in [4.78, 5) is 10.7. The first-order valence-electron chi connectivity index (χ1n) is 5.33. The first kappa shape index (κ1) is 13.8. The number of ether oxygens (including phenoxy) is 1. The van der Waals surface area contributed by atoms with Gasteiger partial charge in [-0.2, -0.15) is 0 Å². The van der Waals surface area contributed by atoms with Crippen molar-refractivity contribution in [2.75, 3.05) is 7.11 Å². The summed E-state index contributed by atoms with van der Waals surface area (Å²) in [5.41, 5.74) is 7.41. The predicted molar refractivity (Wildman–Crippen MR) is 66.6 cm³/mol. The van der Waals surface area contributed by atoms with Crippen molar-refractivity contribution in [2.45, 2.75) is 25.8 Å². The molecule has 1 rings (SSSR count). The Bertz CT molecular complexity index is 420. The molecule has 3 N–H and O–H groups in total. The molecule has 0 bridgehead atoms. The molecule has 0 aliphatic heterocycles. The van der Waals surface area contributed by atoms with E-state index in [1.54, 1.807) is 19.2 Å². The molecule has 0 aliphatic carbocycles. The van der Waals surface area contributed by atoms with Crippen molar-refractivity contribution >= 4 is 17.6 Å². The van der Waals surface area contributed by atoms with Gasteiger partial charge >= 0.3 is 5.97 Å². The van der Waals surface area contributed by atoms with Gasteiger partial charge in [0, 0.05) is 16.6 Å². The second kappa shape index (κ2) is 5.89. The maximum atomic E-state index is 10.7. The summed E-state index contributed by atoms with van der Waals surface area (Å²) < 4.78 is 5.29. The highest BCUT2D eigenvalue weighted by Crippen LogP contribution is 2.33. The van der Waals surface area contributed by atoms with Gasteiger partial charge < -0.3 is 15.6 Å². The molecule has 0 amide bonds. The lowest BCUT2D eigenvalue weighted by Gasteiger charge is -2.17. The number of carboxylic acid groups (broad SMARTS) is 1. The van der Waals surface area contributed by atoms with Gasteiger partial charge in [-0.05, 0) is 24.1 Å². The Morgan fingerprint density at radius 2 is 2.24 bits per heavy atom. The highest BCUT2D eigenvalue weighted by molar-refractivity contribution is 6.30. The number of benzene rings is 1. The first-order chi connectivity index (χ1) is 7.99. The average molecular weight is 258 g/mol. The van der Waals surface area contributed by atoms with E-state index >= 15 is 0 Å². The Kier molecular flexibility index (Phi) is 4.78. The van der Waals surface area contributed by atoms with Crippen LogP contribution in [0.3, 0.4) is 0 Å². The fourth-order valence-electron chi connectivity index (χ4n) is 1.76. The minimum atomic E-state index is -0.947. The number of carboxylic acids is 1. The summed E-state index contributed by atoms with van der Waals surface area (Å²) >= 11 is 5.98. The molecule has 0 saturated carbocycles. The number of methoxy groups -OCH3 is 1. The third-order valence-corrected chi connectivity index (χ3v) is 2.76. The number of hydrogen-bond donors (Lipinski definition) is 2. The van der Waals surface area contributed by atoms with Crippen LogP contribution in [0.15, 0.2) is 12.1 Å². The lowest BCUT2D eigenvalue weighted by Crippen LogP contribution is -2.16. The number of hydrogen-bond acceptors (Lipinski definition) is 3. The Morgan fingerprint density at radius 3 is 2.71 bits per heavy atom. The van der Waals surface area contributed by atoms with Crippen LogP contribution in [0.2, 0.25) is 5.02 Å². The van der Waals surface area contributed by atoms with Crippen LogP contribution in [0, 0.1) is 0 Å². The molecule has 0 aliphatic rings. The Balaban J connectivity index is 3.20. The molecule has 1 aromatic rings. The van der Waals surface area contributed by atoms with Gasteiger partial charge in [-0.3, -0.25) is 4.79 Å². The van der Waals surface area contributed by atoms with Crippen LogP contribution in [-0.4, -0.2) is 18.2 Å². The second-order valence-electron chi connectivity index (χ2n) is 3.75. The largest absolute Gasteiger partial charge is 0.496 e. The van der Waals surface area contributed by atoms with Gasteiger partial charge in [-0.1, -0.05) is 18.5 Å². The van der Waals surface area contributed by atoms with Crippen molar-refractivity contribution in [3.8, 4) is 5.75 Å². The quantitative estimate of drug-likeness (QED) is 0.850. The van der Waals surface area contributed by atoms with E-state index in [2.05, 4.69) is 0 Å². The number of nitrogens with two attached hydrogens (primary N) is 1. The summed E-state index contributed by atoms with van der Waals surface area (Å²) in [6, 6.07) is 2.84. The van der Waals surface area contributed by atoms with Crippen molar-refractivity contribution in [3.05, 3.63) is 28.3 Å². The fraction of sp³-hybridized carbons (Fsp3) is 0.417. The van der Waals surface area contributed by atoms with Crippen LogP contribution in [0.1, 0.15) is 30.5 Å². The van der Waals surface area contributed by atoms with Crippen LogP contribution in [0.25, 0.3) is 0 Å². The molecular formula is C12H16ClNO3. The third-order valence-electron chi connectivity index (χ3n) is 2.54. The van der Waals surface area contributed by atoms with E-state index in [1.165, 1.54) is 0 Å². The van der Waals surface area contributed by atoms with E-state index in [4.69, 9.17) is 27.2 Å². The summed E-state index contributed by atoms with van der Waals surface area (Å²) in [6.07, 6.45) is 0.594. The highest BCUT2D eigenvalue weighted by Gasteiger charge is 2.18. The number of rotatable bonds is 5. The Hall–Kier alpha value is -1.26. The normalized spacial score (nSPS) is 12.2. The molecule has 17 heavy (non-hydrogen) atoms. The van der Waals surface area contributed by atoms with Gasteiger partial charge in [0.2, 0.25) is 0 Å². The molecule has 1 unspecified atom stereocenters. The molecule has 1 aromatic carbocycles. The summed E-state index contributed by atoms with van der Waals surface area (Å²) in [6.45, 7) is 1.97. The van der Waals surface area contributed by atoms with Gasteiger partial charge in [-0.15, -0.1) is 0 Å². The van der Waals surface area contributed by atoms with Gasteiger partial charge in [0.15, 0.2) is 0 Å². The molecular weight excluding hydrogens is 242 g/mol. The number of aliphatic carboxylic acids is 1. The van der Waals surface area contributed by atoms with Crippen molar-refractivity contribution in [1.82, 2.24) is 0 Å². The van der Waals surface area contributed by atoms with Crippen molar-refractivity contribution < 1.29 is 14.6 Å². The van der Waals surface area contributed by atoms with Crippen molar-refractivity contribution in [2.24, 2.45) is 5.73 Å². The zero-order chi connectivity index (χ0) is 13.0. The van der Waals surface area contributed by atoms with Gasteiger partial charge in [0.25, 0.3) is 0 Å². The van der Waals surface area contributed by atoms with Gasteiger partial charge in [0.05, 0.1) is 13.5 Å². The van der Waals surface area contributed by atoms with Crippen LogP contribution < -0.4 is 10.5 Å². The first-order valence-corrected chi connectivity index (χ1v) is 5.71. The summed E-state index contributed by atoms with van der Waals surface area (Å²) in [7, 11) is 1.54. The number of aryl methyl sites for hydroxylation is 1. The molecule has 5 heteroatoms. The minimum Gasteiger partial charge on any atom is -0.496 e. The molecule has 1 atom stereocenters. The molecule has 0 spiro atoms. The van der Waals surface area contributed by atoms with Gasteiger partial charge in [-0.25, -0.2) is 0 Å². The fourth-order valence-corrected chi connectivity index (χ4v) is 2.01. The maximum absolute atomic E-state index is 10.7. The molecule has 0 saturated heterocycles. The van der Waals surface area contributed by atoms with Crippen LogP contribution in [-0.2, 0) is 11.2 Å². The molecule has 0 fully saturated rings. The average Bonchev–Trinajstić information content (AvgIpc) is 2.26. The summed E-state index contributed by atoms with van der Waals surface area (Å²) in [5, 5.41) is 9.29. The topological polar surface area (TPSA) is 72.6 Å². The van der Waals surface area contributed by atoms with Gasteiger partial charge in [0.1, 0.15) is 5.75 Å². The van der Waals surface area contributed by atoms with E-state index in [0.717, 1.165) is 12.0 Å². The summed E-state index contributed by atoms with van der Waals surface area (Å²) in [5.74, 6) is -0.316. The monoisotopic (exact) mass is 257 g/mol. The lowest BCUT2D eigenvalue weighted by molar-refractivity contribution is -0.137. The zero-order valence-corrected chi connectivity index (χ0v) is 10.6. The van der Waals surface area contributed by atoms with Crippen LogP contribution in [0.4, 0.5) is 0 Å². The molecule has 0 heterocycles. The van der Waals surface area contributed by atoms with Crippen molar-refractivity contribution in [3.63, 3.8) is 0 Å². The molecule has 0 radical (unpaired) electrons. The second-order valence-corrected chi connectivity index (χ2v) is 4.18. The third kappa shape index (κ3) is 3.35. The standard InChI is InChI=1S/C12H16ClNO3/c1-3-7-4-8(13)5-9(12(7)17-2)10(14)6-11(15)16/h4-5,10H,3,6,14H2,1-2H3,(H,15,16). The van der Waals surface area contributed by atoms with E-state index in [9.17, 15) is 4.79 Å².